The van der Waals surface area contributed by atoms with Gasteiger partial charge in [-0.15, -0.1) is 0 Å². The second-order valence-electron chi connectivity index (χ2n) is 5.22. The van der Waals surface area contributed by atoms with Gasteiger partial charge >= 0.3 is 0 Å². The van der Waals surface area contributed by atoms with E-state index in [0.717, 1.165) is 24.6 Å². The van der Waals surface area contributed by atoms with Crippen LogP contribution in [0.2, 0.25) is 5.02 Å². The van der Waals surface area contributed by atoms with Crippen LogP contribution >= 0.6 is 11.6 Å². The third-order valence-corrected chi connectivity index (χ3v) is 4.06. The summed E-state index contributed by atoms with van der Waals surface area (Å²) in [7, 11) is 0. The summed E-state index contributed by atoms with van der Waals surface area (Å²) in [5, 5.41) is 3.56. The summed E-state index contributed by atoms with van der Waals surface area (Å²) in [6.45, 7) is 1.74. The first kappa shape index (κ1) is 13.8. The molecule has 0 aromatic heterocycles. The van der Waals surface area contributed by atoms with Crippen LogP contribution in [0.25, 0.3) is 0 Å². The third-order valence-electron chi connectivity index (χ3n) is 3.75. The molecule has 0 atom stereocenters. The van der Waals surface area contributed by atoms with Gasteiger partial charge in [0, 0.05) is 6.54 Å². The van der Waals surface area contributed by atoms with Crippen molar-refractivity contribution in [1.82, 2.24) is 5.32 Å². The van der Waals surface area contributed by atoms with Gasteiger partial charge in [-0.25, -0.2) is 4.39 Å². The fourth-order valence-electron chi connectivity index (χ4n) is 2.70. The van der Waals surface area contributed by atoms with Gasteiger partial charge in [-0.1, -0.05) is 43.4 Å². The minimum atomic E-state index is -0.332. The molecule has 0 spiro atoms. The van der Waals surface area contributed by atoms with E-state index in [-0.39, 0.29) is 10.8 Å². The van der Waals surface area contributed by atoms with E-state index >= 15 is 0 Å². The second kappa shape index (κ2) is 7.10. The maximum Gasteiger partial charge on any atom is 0.142 e. The molecule has 1 nitrogen and oxygen atoms in total. The molecule has 100 valence electrons. The lowest BCUT2D eigenvalue weighted by Crippen LogP contribution is -2.15. The molecule has 1 saturated carbocycles. The first-order valence-corrected chi connectivity index (χ1v) is 7.28. The van der Waals surface area contributed by atoms with Crippen molar-refractivity contribution in [2.24, 2.45) is 5.92 Å². The third kappa shape index (κ3) is 4.25. The van der Waals surface area contributed by atoms with E-state index in [4.69, 9.17) is 11.6 Å². The lowest BCUT2D eigenvalue weighted by molar-refractivity contribution is 0.470. The van der Waals surface area contributed by atoms with Crippen LogP contribution < -0.4 is 5.32 Å². The number of hydrogen-bond donors (Lipinski definition) is 1. The van der Waals surface area contributed by atoms with Gasteiger partial charge in [0.15, 0.2) is 0 Å². The van der Waals surface area contributed by atoms with E-state index in [9.17, 15) is 4.39 Å². The highest BCUT2D eigenvalue weighted by molar-refractivity contribution is 6.30. The van der Waals surface area contributed by atoms with E-state index < -0.39 is 0 Å². The van der Waals surface area contributed by atoms with Gasteiger partial charge in [0.05, 0.1) is 5.02 Å². The Balaban J connectivity index is 1.61. The molecule has 1 aliphatic carbocycles. The number of rotatable bonds is 6. The molecule has 2 rings (SSSR count). The molecular formula is C15H21ClFN. The molecule has 1 fully saturated rings. The van der Waals surface area contributed by atoms with Crippen molar-refractivity contribution in [2.45, 2.75) is 45.1 Å². The molecule has 0 amide bonds. The van der Waals surface area contributed by atoms with Crippen LogP contribution in [-0.4, -0.2) is 6.54 Å². The zero-order chi connectivity index (χ0) is 12.8. The molecule has 0 radical (unpaired) electrons. The van der Waals surface area contributed by atoms with Crippen molar-refractivity contribution in [1.29, 1.82) is 0 Å². The predicted octanol–water partition coefficient (Wildman–Crippen LogP) is 4.54. The van der Waals surface area contributed by atoms with Crippen LogP contribution in [0.5, 0.6) is 0 Å². The topological polar surface area (TPSA) is 12.0 Å². The lowest BCUT2D eigenvalue weighted by Gasteiger charge is -2.09. The van der Waals surface area contributed by atoms with Crippen molar-refractivity contribution in [3.8, 4) is 0 Å². The van der Waals surface area contributed by atoms with Crippen LogP contribution in [0.15, 0.2) is 18.2 Å². The predicted molar refractivity (Wildman–Crippen MR) is 74.3 cm³/mol. The van der Waals surface area contributed by atoms with Crippen molar-refractivity contribution in [3.63, 3.8) is 0 Å². The van der Waals surface area contributed by atoms with Crippen LogP contribution in [0.3, 0.4) is 0 Å². The lowest BCUT2D eigenvalue weighted by atomic mass is 10.0. The quantitative estimate of drug-likeness (QED) is 0.748. The van der Waals surface area contributed by atoms with Crippen molar-refractivity contribution < 1.29 is 4.39 Å². The first-order chi connectivity index (χ1) is 8.75. The highest BCUT2D eigenvalue weighted by atomic mass is 35.5. The Morgan fingerprint density at radius 2 is 2.06 bits per heavy atom. The molecule has 0 aliphatic heterocycles. The molecular weight excluding hydrogens is 249 g/mol. The molecule has 0 saturated heterocycles. The summed E-state index contributed by atoms with van der Waals surface area (Å²) in [6, 6.07) is 4.99. The number of halogens is 2. The summed E-state index contributed by atoms with van der Waals surface area (Å²) < 4.78 is 13.2. The Kier molecular flexibility index (Phi) is 5.45. The molecule has 0 unspecified atom stereocenters. The van der Waals surface area contributed by atoms with Gasteiger partial charge < -0.3 is 5.32 Å². The fraction of sp³-hybridized carbons (Fsp3) is 0.600. The van der Waals surface area contributed by atoms with Gasteiger partial charge in [-0.05, 0) is 43.0 Å². The highest BCUT2D eigenvalue weighted by Gasteiger charge is 2.13. The summed E-state index contributed by atoms with van der Waals surface area (Å²) in [6.07, 6.45) is 8.23. The van der Waals surface area contributed by atoms with E-state index in [0.29, 0.717) is 0 Å². The fourth-order valence-corrected chi connectivity index (χ4v) is 2.81. The maximum atomic E-state index is 13.2. The molecule has 1 aromatic carbocycles. The smallest absolute Gasteiger partial charge is 0.142 e. The average Bonchev–Trinajstić information content (AvgIpc) is 2.86. The van der Waals surface area contributed by atoms with Gasteiger partial charge in [-0.3, -0.25) is 0 Å². The maximum absolute atomic E-state index is 13.2. The van der Waals surface area contributed by atoms with Crippen LogP contribution in [0.1, 0.15) is 44.1 Å². The van der Waals surface area contributed by atoms with E-state index in [1.807, 2.05) is 6.07 Å². The minimum absolute atomic E-state index is 0.194. The van der Waals surface area contributed by atoms with Crippen molar-refractivity contribution in [2.75, 3.05) is 6.54 Å². The monoisotopic (exact) mass is 269 g/mol. The number of hydrogen-bond acceptors (Lipinski definition) is 1. The van der Waals surface area contributed by atoms with Crippen LogP contribution in [0, 0.1) is 11.7 Å². The van der Waals surface area contributed by atoms with E-state index in [1.165, 1.54) is 44.6 Å². The highest BCUT2D eigenvalue weighted by Crippen LogP contribution is 2.28. The number of benzene rings is 1. The Bertz CT molecular complexity index is 375. The molecule has 18 heavy (non-hydrogen) atoms. The Hall–Kier alpha value is -0.600. The van der Waals surface area contributed by atoms with Gasteiger partial charge in [0.1, 0.15) is 5.82 Å². The number of nitrogens with one attached hydrogen (secondary N) is 1. The zero-order valence-corrected chi connectivity index (χ0v) is 11.5. The summed E-state index contributed by atoms with van der Waals surface area (Å²) in [5.74, 6) is 0.627. The van der Waals surface area contributed by atoms with Gasteiger partial charge in [0.2, 0.25) is 0 Å². The SMILES string of the molecule is Fc1cc(CNCCCC2CCCC2)ccc1Cl. The van der Waals surface area contributed by atoms with E-state index in [1.54, 1.807) is 6.07 Å². The summed E-state index contributed by atoms with van der Waals surface area (Å²) in [5.41, 5.74) is 0.956. The Labute approximate surface area is 114 Å². The van der Waals surface area contributed by atoms with Crippen LogP contribution in [0.4, 0.5) is 4.39 Å². The van der Waals surface area contributed by atoms with Gasteiger partial charge in [-0.2, -0.15) is 0 Å². The molecule has 1 N–H and O–H groups in total. The molecule has 0 heterocycles. The van der Waals surface area contributed by atoms with Crippen molar-refractivity contribution in [3.05, 3.63) is 34.6 Å². The second-order valence-corrected chi connectivity index (χ2v) is 5.63. The van der Waals surface area contributed by atoms with Gasteiger partial charge in [0.25, 0.3) is 0 Å². The van der Waals surface area contributed by atoms with Crippen LogP contribution in [-0.2, 0) is 6.54 Å². The average molecular weight is 270 g/mol. The molecule has 0 bridgehead atoms. The summed E-state index contributed by atoms with van der Waals surface area (Å²) >= 11 is 5.64. The molecule has 3 heteroatoms. The normalized spacial score (nSPS) is 16.3. The largest absolute Gasteiger partial charge is 0.313 e. The minimum Gasteiger partial charge on any atom is -0.313 e. The molecule has 1 aromatic rings. The van der Waals surface area contributed by atoms with E-state index in [2.05, 4.69) is 5.32 Å². The first-order valence-electron chi connectivity index (χ1n) is 6.90. The summed E-state index contributed by atoms with van der Waals surface area (Å²) in [4.78, 5) is 0. The zero-order valence-electron chi connectivity index (χ0n) is 10.7. The Morgan fingerprint density at radius 3 is 2.78 bits per heavy atom. The van der Waals surface area contributed by atoms with Crippen molar-refractivity contribution >= 4 is 11.6 Å². The molecule has 1 aliphatic rings. The standard InChI is InChI=1S/C15H21ClFN/c16-14-8-7-13(10-15(14)17)11-18-9-3-6-12-4-1-2-5-12/h7-8,10,12,18H,1-6,9,11H2. The Morgan fingerprint density at radius 1 is 1.28 bits per heavy atom.